The molecule has 0 amide bonds. The molecule has 2 nitrogen and oxygen atoms in total. The topological polar surface area (TPSA) is 21.8 Å². The lowest BCUT2D eigenvalue weighted by Crippen LogP contribution is -2.39. The van der Waals surface area contributed by atoms with E-state index in [2.05, 4.69) is 0 Å². The van der Waals surface area contributed by atoms with E-state index in [0.29, 0.717) is 11.7 Å². The van der Waals surface area contributed by atoms with Gasteiger partial charge in [0.2, 0.25) is 0 Å². The van der Waals surface area contributed by atoms with Crippen molar-refractivity contribution in [2.24, 2.45) is 5.92 Å². The van der Waals surface area contributed by atoms with Crippen LogP contribution in [0.25, 0.3) is 0 Å². The average Bonchev–Trinajstić information content (AvgIpc) is 2.75. The maximum atomic E-state index is 5.74. The first-order valence-electron chi connectivity index (χ1n) is 4.67. The Morgan fingerprint density at radius 3 is 3.09 bits per heavy atom. The van der Waals surface area contributed by atoms with Gasteiger partial charge in [0.25, 0.3) is 0 Å². The van der Waals surface area contributed by atoms with Crippen molar-refractivity contribution in [3.8, 4) is 0 Å². The molecule has 2 saturated heterocycles. The fraction of sp³-hybridized carbons (Fsp3) is 1.00. The first-order valence-corrected chi connectivity index (χ1v) is 4.67. The summed E-state index contributed by atoms with van der Waals surface area (Å²) < 4.78 is 11.2. The molecule has 0 aromatic heterocycles. The average molecular weight is 154 g/mol. The summed E-state index contributed by atoms with van der Waals surface area (Å²) in [6, 6.07) is 0. The third-order valence-electron chi connectivity index (χ3n) is 3.50. The van der Waals surface area contributed by atoms with Crippen LogP contribution in [0.1, 0.15) is 25.7 Å². The normalized spacial score (nSPS) is 54.5. The van der Waals surface area contributed by atoms with E-state index in [1.54, 1.807) is 0 Å². The molecule has 0 aromatic carbocycles. The Morgan fingerprint density at radius 2 is 2.18 bits per heavy atom. The highest BCUT2D eigenvalue weighted by Crippen LogP contribution is 2.53. The number of epoxide rings is 1. The van der Waals surface area contributed by atoms with Gasteiger partial charge in [-0.05, 0) is 12.8 Å². The van der Waals surface area contributed by atoms with Crippen molar-refractivity contribution in [1.82, 2.24) is 0 Å². The maximum absolute atomic E-state index is 5.74. The predicted octanol–water partition coefficient (Wildman–Crippen LogP) is 1.34. The molecular weight excluding hydrogens is 140 g/mol. The van der Waals surface area contributed by atoms with Gasteiger partial charge in [-0.15, -0.1) is 0 Å². The number of hydrogen-bond acceptors (Lipinski definition) is 2. The highest BCUT2D eigenvalue weighted by atomic mass is 16.6. The van der Waals surface area contributed by atoms with Crippen molar-refractivity contribution in [2.75, 3.05) is 13.2 Å². The van der Waals surface area contributed by atoms with Crippen molar-refractivity contribution in [1.29, 1.82) is 0 Å². The Balaban J connectivity index is 1.84. The van der Waals surface area contributed by atoms with Crippen molar-refractivity contribution < 1.29 is 9.47 Å². The molecule has 11 heavy (non-hydrogen) atoms. The van der Waals surface area contributed by atoms with Crippen LogP contribution < -0.4 is 0 Å². The molecule has 2 heterocycles. The van der Waals surface area contributed by atoms with E-state index in [1.165, 1.54) is 25.7 Å². The van der Waals surface area contributed by atoms with Crippen LogP contribution in [-0.4, -0.2) is 24.9 Å². The van der Waals surface area contributed by atoms with Gasteiger partial charge in [0.05, 0.1) is 13.2 Å². The van der Waals surface area contributed by atoms with Gasteiger partial charge in [-0.1, -0.05) is 12.8 Å². The zero-order valence-electron chi connectivity index (χ0n) is 6.71. The van der Waals surface area contributed by atoms with E-state index in [1.807, 2.05) is 0 Å². The monoisotopic (exact) mass is 154 g/mol. The second-order valence-corrected chi connectivity index (χ2v) is 4.04. The molecule has 2 aliphatic heterocycles. The highest BCUT2D eigenvalue weighted by Gasteiger charge is 2.63. The van der Waals surface area contributed by atoms with Gasteiger partial charge in [-0.25, -0.2) is 0 Å². The van der Waals surface area contributed by atoms with E-state index in [-0.39, 0.29) is 0 Å². The third-order valence-corrected chi connectivity index (χ3v) is 3.50. The van der Waals surface area contributed by atoms with Crippen LogP contribution in [0, 0.1) is 5.92 Å². The quantitative estimate of drug-likeness (QED) is 0.491. The lowest BCUT2D eigenvalue weighted by Gasteiger charge is -2.32. The van der Waals surface area contributed by atoms with Crippen LogP contribution in [0.15, 0.2) is 0 Å². The molecule has 0 radical (unpaired) electrons. The Hall–Kier alpha value is -0.0800. The molecular formula is C9H14O2. The molecule has 62 valence electrons. The van der Waals surface area contributed by atoms with Gasteiger partial charge < -0.3 is 9.47 Å². The molecule has 3 unspecified atom stereocenters. The number of ether oxygens (including phenoxy) is 2. The molecule has 0 bridgehead atoms. The molecule has 2 heteroatoms. The van der Waals surface area contributed by atoms with Gasteiger partial charge in [0.1, 0.15) is 11.7 Å². The molecule has 3 rings (SSSR count). The summed E-state index contributed by atoms with van der Waals surface area (Å²) in [6.07, 6.45) is 5.85. The minimum atomic E-state index is 0.316. The smallest absolute Gasteiger partial charge is 0.111 e. The fourth-order valence-corrected chi connectivity index (χ4v) is 2.77. The van der Waals surface area contributed by atoms with Crippen LogP contribution in [0.5, 0.6) is 0 Å². The van der Waals surface area contributed by atoms with Crippen LogP contribution in [-0.2, 0) is 9.47 Å². The van der Waals surface area contributed by atoms with Crippen molar-refractivity contribution >= 4 is 0 Å². The molecule has 1 saturated carbocycles. The van der Waals surface area contributed by atoms with Gasteiger partial charge >= 0.3 is 0 Å². The van der Waals surface area contributed by atoms with Gasteiger partial charge in [-0.2, -0.15) is 0 Å². The second-order valence-electron chi connectivity index (χ2n) is 4.04. The fourth-order valence-electron chi connectivity index (χ4n) is 2.77. The summed E-state index contributed by atoms with van der Waals surface area (Å²) in [4.78, 5) is 0. The van der Waals surface area contributed by atoms with E-state index in [9.17, 15) is 0 Å². The van der Waals surface area contributed by atoms with E-state index >= 15 is 0 Å². The van der Waals surface area contributed by atoms with Gasteiger partial charge in [0, 0.05) is 5.92 Å². The Bertz CT molecular complexity index is 178. The molecule has 3 fully saturated rings. The number of rotatable bonds is 0. The minimum Gasteiger partial charge on any atom is -0.378 e. The zero-order chi connectivity index (χ0) is 7.31. The molecule has 0 N–H and O–H groups in total. The summed E-state index contributed by atoms with van der Waals surface area (Å²) in [6.45, 7) is 1.81. The second kappa shape index (κ2) is 1.99. The summed E-state index contributed by atoms with van der Waals surface area (Å²) >= 11 is 0. The van der Waals surface area contributed by atoms with E-state index < -0.39 is 0 Å². The number of hydrogen-bond donors (Lipinski definition) is 0. The highest BCUT2D eigenvalue weighted by molar-refractivity contribution is 5.10. The van der Waals surface area contributed by atoms with Crippen molar-refractivity contribution in [3.05, 3.63) is 0 Å². The van der Waals surface area contributed by atoms with Crippen LogP contribution in [0.4, 0.5) is 0 Å². The summed E-state index contributed by atoms with van der Waals surface area (Å²) in [5.74, 6) is 0.731. The SMILES string of the molecule is C1CCC23OC2COCC3C1. The first-order chi connectivity index (χ1) is 5.42. The Kier molecular flexibility index (Phi) is 1.16. The third kappa shape index (κ3) is 0.744. The summed E-state index contributed by atoms with van der Waals surface area (Å²) in [7, 11) is 0. The van der Waals surface area contributed by atoms with Gasteiger partial charge in [-0.3, -0.25) is 0 Å². The Morgan fingerprint density at radius 1 is 1.18 bits per heavy atom. The standard InChI is InChI=1S/C9H14O2/c1-2-4-9-7(3-1)5-10-6-8(9)11-9/h7-8H,1-6H2. The maximum Gasteiger partial charge on any atom is 0.111 e. The first kappa shape index (κ1) is 6.44. The Labute approximate surface area is 66.9 Å². The minimum absolute atomic E-state index is 0.316. The summed E-state index contributed by atoms with van der Waals surface area (Å²) in [5.41, 5.74) is 0.316. The molecule has 0 aromatic rings. The van der Waals surface area contributed by atoms with Crippen LogP contribution in [0.2, 0.25) is 0 Å². The molecule has 1 spiro atoms. The molecule has 3 atom stereocenters. The van der Waals surface area contributed by atoms with Crippen molar-refractivity contribution in [3.63, 3.8) is 0 Å². The van der Waals surface area contributed by atoms with Crippen molar-refractivity contribution in [2.45, 2.75) is 37.4 Å². The lowest BCUT2D eigenvalue weighted by atomic mass is 9.76. The summed E-state index contributed by atoms with van der Waals surface area (Å²) in [5, 5.41) is 0. The van der Waals surface area contributed by atoms with Crippen LogP contribution >= 0.6 is 0 Å². The van der Waals surface area contributed by atoms with E-state index in [0.717, 1.165) is 19.1 Å². The molecule has 3 aliphatic rings. The lowest BCUT2D eigenvalue weighted by molar-refractivity contribution is 0.0308. The zero-order valence-corrected chi connectivity index (χ0v) is 6.71. The predicted molar refractivity (Wildman–Crippen MR) is 40.4 cm³/mol. The van der Waals surface area contributed by atoms with Crippen LogP contribution in [0.3, 0.4) is 0 Å². The van der Waals surface area contributed by atoms with Gasteiger partial charge in [0.15, 0.2) is 0 Å². The van der Waals surface area contributed by atoms with E-state index in [4.69, 9.17) is 9.47 Å². The largest absolute Gasteiger partial charge is 0.378 e. The molecule has 1 aliphatic carbocycles.